The third-order valence-corrected chi connectivity index (χ3v) is 5.02. The third kappa shape index (κ3) is 3.91. The van der Waals surface area contributed by atoms with Crippen LogP contribution in [-0.2, 0) is 0 Å². The lowest BCUT2D eigenvalue weighted by Crippen LogP contribution is -2.33. The van der Waals surface area contributed by atoms with Crippen molar-refractivity contribution in [2.45, 2.75) is 50.9 Å². The molecule has 0 aromatic carbocycles. The van der Waals surface area contributed by atoms with Crippen LogP contribution in [0, 0.1) is 16.7 Å². The van der Waals surface area contributed by atoms with Gasteiger partial charge < -0.3 is 4.74 Å². The number of aromatic nitrogens is 1. The molecule has 0 atom stereocenters. The maximum atomic E-state index is 8.20. The summed E-state index contributed by atoms with van der Waals surface area (Å²) in [6.07, 6.45) is 10.7. The van der Waals surface area contributed by atoms with E-state index in [-0.39, 0.29) is 11.4 Å². The second-order valence-corrected chi connectivity index (χ2v) is 7.38. The maximum Gasteiger partial charge on any atom is 0.213 e. The van der Waals surface area contributed by atoms with Crippen LogP contribution in [0.3, 0.4) is 0 Å². The zero-order valence-corrected chi connectivity index (χ0v) is 14.6. The summed E-state index contributed by atoms with van der Waals surface area (Å²) in [6.45, 7) is 0.757. The van der Waals surface area contributed by atoms with Crippen LogP contribution in [0.1, 0.15) is 56.4 Å². The van der Waals surface area contributed by atoms with Gasteiger partial charge in [0.05, 0.1) is 6.61 Å². The van der Waals surface area contributed by atoms with E-state index >= 15 is 0 Å². The first-order chi connectivity index (χ1) is 11.1. The fraction of sp³-hybridized carbons (Fsp3) is 0.647. The zero-order valence-electron chi connectivity index (χ0n) is 13.7. The number of nitrogens with one attached hydrogen (secondary N) is 2. The minimum Gasteiger partial charge on any atom is -0.493 e. The molecule has 3 rings (SSSR count). The Kier molecular flexibility index (Phi) is 4.99. The average molecular weight is 334 g/mol. The van der Waals surface area contributed by atoms with Crippen molar-refractivity contribution in [3.05, 3.63) is 23.3 Å². The van der Waals surface area contributed by atoms with E-state index in [0.717, 1.165) is 17.9 Å². The van der Waals surface area contributed by atoms with E-state index in [9.17, 15) is 0 Å². The molecule has 2 fully saturated rings. The van der Waals surface area contributed by atoms with Gasteiger partial charge in [-0.25, -0.2) is 0 Å². The lowest BCUT2D eigenvalue weighted by molar-refractivity contribution is 0.207. The second-order valence-electron chi connectivity index (χ2n) is 6.78. The molecule has 0 bridgehead atoms. The topological polar surface area (TPSA) is 65.1 Å². The summed E-state index contributed by atoms with van der Waals surface area (Å²) in [6, 6.07) is 1.77. The quantitative estimate of drug-likeness (QED) is 0.449. The molecule has 0 amide bonds. The van der Waals surface area contributed by atoms with Crippen LogP contribution in [0.25, 0.3) is 0 Å². The Bertz CT molecular complexity index is 630. The van der Waals surface area contributed by atoms with Crippen LogP contribution >= 0.6 is 12.8 Å². The number of nitrogens with zero attached hydrogens (tertiary/aromatic N) is 2. The number of pyridine rings is 1. The van der Waals surface area contributed by atoms with Gasteiger partial charge in [-0.2, -0.15) is 0 Å². The third-order valence-electron chi connectivity index (χ3n) is 4.83. The largest absolute Gasteiger partial charge is 0.493 e. The smallest absolute Gasteiger partial charge is 0.213 e. The van der Waals surface area contributed by atoms with E-state index in [1.54, 1.807) is 17.7 Å². The van der Waals surface area contributed by atoms with Crippen molar-refractivity contribution < 1.29 is 4.74 Å². The van der Waals surface area contributed by atoms with Crippen molar-refractivity contribution in [1.29, 1.82) is 10.8 Å². The molecule has 0 radical (unpaired) electrons. The van der Waals surface area contributed by atoms with E-state index in [4.69, 9.17) is 15.6 Å². The molecule has 6 heteroatoms. The van der Waals surface area contributed by atoms with Crippen molar-refractivity contribution in [3.8, 4) is 5.75 Å². The molecule has 0 unspecified atom stereocenters. The maximum absolute atomic E-state index is 8.20. The summed E-state index contributed by atoms with van der Waals surface area (Å²) in [5.74, 6) is 2.19. The van der Waals surface area contributed by atoms with E-state index < -0.39 is 0 Å². The highest BCUT2D eigenvalue weighted by atomic mass is 32.1. The number of rotatable bonds is 4. The first-order valence-corrected chi connectivity index (χ1v) is 8.91. The molecule has 1 aromatic rings. The van der Waals surface area contributed by atoms with Gasteiger partial charge in [-0.1, -0.05) is 32.1 Å². The van der Waals surface area contributed by atoms with Crippen molar-refractivity contribution in [2.75, 3.05) is 13.7 Å². The standard InChI is InChI=1S/C17H26N4OS/c1-20(23)17(19)21-10-14(13-7-8-13)15(9-16(21)18)22-11-12-5-3-2-4-6-12/h9-10,12-13,18-19,23H,2-8,11H2,1H3. The summed E-state index contributed by atoms with van der Waals surface area (Å²) in [5, 5.41) is 16.3. The molecule has 5 nitrogen and oxygen atoms in total. The highest BCUT2D eigenvalue weighted by Gasteiger charge is 2.28. The average Bonchev–Trinajstić information content (AvgIpc) is 3.38. The molecule has 126 valence electrons. The van der Waals surface area contributed by atoms with Crippen molar-refractivity contribution in [1.82, 2.24) is 8.87 Å². The summed E-state index contributed by atoms with van der Waals surface area (Å²) in [7, 11) is 1.70. The Morgan fingerprint density at radius 2 is 2.00 bits per heavy atom. The highest BCUT2D eigenvalue weighted by molar-refractivity contribution is 7.78. The van der Waals surface area contributed by atoms with Gasteiger partial charge >= 0.3 is 0 Å². The van der Waals surface area contributed by atoms with Crippen LogP contribution < -0.4 is 10.2 Å². The van der Waals surface area contributed by atoms with Crippen LogP contribution in [-0.4, -0.2) is 28.5 Å². The van der Waals surface area contributed by atoms with Crippen LogP contribution in [0.5, 0.6) is 5.75 Å². The molecule has 2 aliphatic rings. The predicted octanol–water partition coefficient (Wildman–Crippen LogP) is 3.36. The predicted molar refractivity (Wildman–Crippen MR) is 94.2 cm³/mol. The first kappa shape index (κ1) is 16.4. The molecule has 1 heterocycles. The molecular formula is C17H26N4OS. The molecule has 0 aliphatic heterocycles. The van der Waals surface area contributed by atoms with Gasteiger partial charge in [0.1, 0.15) is 11.2 Å². The molecule has 2 aliphatic carbocycles. The van der Waals surface area contributed by atoms with Crippen LogP contribution in [0.4, 0.5) is 0 Å². The van der Waals surface area contributed by atoms with Crippen LogP contribution in [0.2, 0.25) is 0 Å². The number of hydrogen-bond acceptors (Lipinski definition) is 4. The molecular weight excluding hydrogens is 308 g/mol. The van der Waals surface area contributed by atoms with Crippen LogP contribution in [0.15, 0.2) is 12.3 Å². The summed E-state index contributed by atoms with van der Waals surface area (Å²) < 4.78 is 9.10. The van der Waals surface area contributed by atoms with E-state index in [2.05, 4.69) is 12.8 Å². The monoisotopic (exact) mass is 334 g/mol. The molecule has 1 aromatic heterocycles. The fourth-order valence-corrected chi connectivity index (χ4v) is 3.36. The van der Waals surface area contributed by atoms with Gasteiger partial charge in [0.15, 0.2) is 0 Å². The van der Waals surface area contributed by atoms with Crippen molar-refractivity contribution >= 4 is 18.8 Å². The number of thiol groups is 1. The zero-order chi connectivity index (χ0) is 16.4. The SMILES string of the molecule is CN(S)C(=N)n1cc(C2CC2)c(OCC2CCCCC2)cc1=N. The van der Waals surface area contributed by atoms with E-state index in [1.165, 1.54) is 49.3 Å². The lowest BCUT2D eigenvalue weighted by Gasteiger charge is -2.23. The van der Waals surface area contributed by atoms with Crippen molar-refractivity contribution in [3.63, 3.8) is 0 Å². The number of hydrogen-bond donors (Lipinski definition) is 3. The fourth-order valence-electron chi connectivity index (χ4n) is 3.27. The molecule has 0 spiro atoms. The Labute approximate surface area is 143 Å². The molecule has 23 heavy (non-hydrogen) atoms. The normalized spacial score (nSPS) is 18.7. The lowest BCUT2D eigenvalue weighted by atomic mass is 9.90. The summed E-state index contributed by atoms with van der Waals surface area (Å²) in [4.78, 5) is 0. The Morgan fingerprint density at radius 1 is 1.30 bits per heavy atom. The van der Waals surface area contributed by atoms with Crippen molar-refractivity contribution in [2.24, 2.45) is 5.92 Å². The van der Waals surface area contributed by atoms with Gasteiger partial charge in [0, 0.05) is 24.9 Å². The van der Waals surface area contributed by atoms with Gasteiger partial charge in [-0.05, 0) is 37.5 Å². The van der Waals surface area contributed by atoms with Gasteiger partial charge in [0.25, 0.3) is 0 Å². The minimum atomic E-state index is 0.180. The number of ether oxygens (including phenoxy) is 1. The minimum absolute atomic E-state index is 0.180. The molecule has 2 saturated carbocycles. The van der Waals surface area contributed by atoms with Gasteiger partial charge in [-0.15, -0.1) is 0 Å². The summed E-state index contributed by atoms with van der Waals surface area (Å²) >= 11 is 4.16. The van der Waals surface area contributed by atoms with E-state index in [1.807, 2.05) is 6.20 Å². The van der Waals surface area contributed by atoms with Gasteiger partial charge in [-0.3, -0.25) is 19.7 Å². The summed E-state index contributed by atoms with van der Waals surface area (Å²) in [5.41, 5.74) is 1.40. The Hall–Kier alpha value is -1.43. The Balaban J connectivity index is 1.80. The first-order valence-electron chi connectivity index (χ1n) is 8.51. The second kappa shape index (κ2) is 6.99. The highest BCUT2D eigenvalue weighted by Crippen LogP contribution is 2.44. The van der Waals surface area contributed by atoms with Gasteiger partial charge in [0.2, 0.25) is 5.96 Å². The molecule has 0 saturated heterocycles. The Morgan fingerprint density at radius 3 is 2.61 bits per heavy atom. The van der Waals surface area contributed by atoms with E-state index in [0.29, 0.717) is 11.8 Å². The molecule has 2 N–H and O–H groups in total.